The van der Waals surface area contributed by atoms with Crippen molar-refractivity contribution >= 4 is 11.6 Å². The van der Waals surface area contributed by atoms with Crippen LogP contribution in [0.1, 0.15) is 30.5 Å². The van der Waals surface area contributed by atoms with Gasteiger partial charge in [-0.05, 0) is 39.3 Å². The van der Waals surface area contributed by atoms with Crippen LogP contribution in [0, 0.1) is 13.8 Å². The lowest BCUT2D eigenvalue weighted by molar-refractivity contribution is 0.0755. The van der Waals surface area contributed by atoms with Gasteiger partial charge in [-0.1, -0.05) is 11.6 Å². The summed E-state index contributed by atoms with van der Waals surface area (Å²) in [5.74, 6) is 0.665. The number of halogens is 1. The molecule has 1 aromatic rings. The standard InChI is InChI=1S/C12H17ClO2/c1-7-6-9(12(3,4)14)11(15-5)8(2)10(7)13/h6,14H,1-5H3. The van der Waals surface area contributed by atoms with Crippen LogP contribution in [0.4, 0.5) is 0 Å². The van der Waals surface area contributed by atoms with E-state index in [-0.39, 0.29) is 0 Å². The monoisotopic (exact) mass is 228 g/mol. The molecule has 0 aromatic heterocycles. The van der Waals surface area contributed by atoms with Crippen molar-refractivity contribution in [2.75, 3.05) is 7.11 Å². The summed E-state index contributed by atoms with van der Waals surface area (Å²) in [6.07, 6.45) is 0. The van der Waals surface area contributed by atoms with E-state index in [2.05, 4.69) is 0 Å². The molecule has 0 saturated carbocycles. The van der Waals surface area contributed by atoms with E-state index in [0.29, 0.717) is 10.8 Å². The predicted octanol–water partition coefficient (Wildman–Crippen LogP) is 3.19. The highest BCUT2D eigenvalue weighted by Gasteiger charge is 2.24. The minimum Gasteiger partial charge on any atom is -0.496 e. The Kier molecular flexibility index (Phi) is 3.31. The lowest BCUT2D eigenvalue weighted by Gasteiger charge is -2.23. The number of aryl methyl sites for hydroxylation is 1. The molecular weight excluding hydrogens is 212 g/mol. The zero-order chi connectivity index (χ0) is 11.8. The third-order valence-corrected chi connectivity index (χ3v) is 3.07. The number of rotatable bonds is 2. The number of methoxy groups -OCH3 is 1. The minimum atomic E-state index is -0.925. The Morgan fingerprint density at radius 3 is 2.27 bits per heavy atom. The second kappa shape index (κ2) is 4.03. The molecule has 0 amide bonds. The van der Waals surface area contributed by atoms with Crippen molar-refractivity contribution in [3.8, 4) is 5.75 Å². The second-order valence-electron chi connectivity index (χ2n) is 4.27. The van der Waals surface area contributed by atoms with Crippen molar-refractivity contribution in [1.82, 2.24) is 0 Å². The van der Waals surface area contributed by atoms with E-state index in [0.717, 1.165) is 16.7 Å². The molecule has 0 spiro atoms. The summed E-state index contributed by atoms with van der Waals surface area (Å²) in [5, 5.41) is 10.7. The molecule has 0 heterocycles. The SMILES string of the molecule is COc1c(C(C)(C)O)cc(C)c(Cl)c1C. The first kappa shape index (κ1) is 12.3. The van der Waals surface area contributed by atoms with Gasteiger partial charge >= 0.3 is 0 Å². The number of benzene rings is 1. The highest BCUT2D eigenvalue weighted by atomic mass is 35.5. The first-order valence-corrected chi connectivity index (χ1v) is 5.23. The van der Waals surface area contributed by atoms with Crippen molar-refractivity contribution in [3.05, 3.63) is 27.8 Å². The molecule has 1 rings (SSSR count). The van der Waals surface area contributed by atoms with E-state index in [9.17, 15) is 5.11 Å². The molecule has 0 aliphatic rings. The van der Waals surface area contributed by atoms with E-state index in [1.54, 1.807) is 21.0 Å². The first-order valence-electron chi connectivity index (χ1n) is 4.85. The smallest absolute Gasteiger partial charge is 0.129 e. The molecule has 0 radical (unpaired) electrons. The van der Waals surface area contributed by atoms with Crippen molar-refractivity contribution in [2.24, 2.45) is 0 Å². The van der Waals surface area contributed by atoms with Crippen LogP contribution in [-0.4, -0.2) is 12.2 Å². The van der Waals surface area contributed by atoms with E-state index in [1.165, 1.54) is 0 Å². The van der Waals surface area contributed by atoms with Gasteiger partial charge in [0, 0.05) is 11.1 Å². The maximum Gasteiger partial charge on any atom is 0.129 e. The van der Waals surface area contributed by atoms with Gasteiger partial charge in [-0.15, -0.1) is 0 Å². The molecule has 0 aliphatic carbocycles. The number of aliphatic hydroxyl groups is 1. The maximum absolute atomic E-state index is 10.0. The maximum atomic E-state index is 10.0. The lowest BCUT2D eigenvalue weighted by atomic mass is 9.93. The molecule has 0 bridgehead atoms. The van der Waals surface area contributed by atoms with Crippen LogP contribution >= 0.6 is 11.6 Å². The Balaban J connectivity index is 3.53. The topological polar surface area (TPSA) is 29.5 Å². The molecule has 15 heavy (non-hydrogen) atoms. The van der Waals surface area contributed by atoms with E-state index in [4.69, 9.17) is 16.3 Å². The highest BCUT2D eigenvalue weighted by molar-refractivity contribution is 6.32. The van der Waals surface area contributed by atoms with Gasteiger partial charge in [0.15, 0.2) is 0 Å². The number of hydrogen-bond donors (Lipinski definition) is 1. The molecule has 2 nitrogen and oxygen atoms in total. The van der Waals surface area contributed by atoms with Crippen LogP contribution in [0.3, 0.4) is 0 Å². The molecule has 0 unspecified atom stereocenters. The molecule has 0 fully saturated rings. The largest absolute Gasteiger partial charge is 0.496 e. The summed E-state index contributed by atoms with van der Waals surface area (Å²) in [4.78, 5) is 0. The van der Waals surface area contributed by atoms with Gasteiger partial charge in [0.1, 0.15) is 5.75 Å². The molecular formula is C12H17ClO2. The van der Waals surface area contributed by atoms with Gasteiger partial charge in [0.2, 0.25) is 0 Å². The Morgan fingerprint density at radius 1 is 1.33 bits per heavy atom. The van der Waals surface area contributed by atoms with E-state index >= 15 is 0 Å². The van der Waals surface area contributed by atoms with Crippen LogP contribution in [0.5, 0.6) is 5.75 Å². The first-order chi connectivity index (χ1) is 6.79. The summed E-state index contributed by atoms with van der Waals surface area (Å²) in [7, 11) is 1.59. The lowest BCUT2D eigenvalue weighted by Crippen LogP contribution is -2.17. The average Bonchev–Trinajstić information content (AvgIpc) is 2.12. The molecule has 84 valence electrons. The Morgan fingerprint density at radius 2 is 1.87 bits per heavy atom. The Bertz CT molecular complexity index is 378. The van der Waals surface area contributed by atoms with Crippen molar-refractivity contribution < 1.29 is 9.84 Å². The normalized spacial score (nSPS) is 11.7. The quantitative estimate of drug-likeness (QED) is 0.843. The van der Waals surface area contributed by atoms with E-state index < -0.39 is 5.60 Å². The van der Waals surface area contributed by atoms with Gasteiger partial charge < -0.3 is 9.84 Å². The fourth-order valence-corrected chi connectivity index (χ4v) is 1.80. The molecule has 1 aromatic carbocycles. The molecule has 0 aliphatic heterocycles. The fourth-order valence-electron chi connectivity index (χ4n) is 1.66. The van der Waals surface area contributed by atoms with Crippen molar-refractivity contribution in [3.63, 3.8) is 0 Å². The zero-order valence-corrected chi connectivity index (χ0v) is 10.6. The van der Waals surface area contributed by atoms with Gasteiger partial charge in [-0.2, -0.15) is 0 Å². The Labute approximate surface area is 95.8 Å². The summed E-state index contributed by atoms with van der Waals surface area (Å²) in [5.41, 5.74) is 1.67. The summed E-state index contributed by atoms with van der Waals surface area (Å²) in [6.45, 7) is 7.28. The summed E-state index contributed by atoms with van der Waals surface area (Å²) >= 11 is 6.12. The molecule has 1 N–H and O–H groups in total. The third-order valence-electron chi connectivity index (χ3n) is 2.48. The molecule has 3 heteroatoms. The summed E-state index contributed by atoms with van der Waals surface area (Å²) in [6, 6.07) is 1.87. The van der Waals surface area contributed by atoms with Crippen LogP contribution in [0.2, 0.25) is 5.02 Å². The van der Waals surface area contributed by atoms with Crippen LogP contribution in [0.25, 0.3) is 0 Å². The number of ether oxygens (including phenoxy) is 1. The van der Waals surface area contributed by atoms with Gasteiger partial charge in [-0.25, -0.2) is 0 Å². The molecule has 0 atom stereocenters. The minimum absolute atomic E-state index is 0.665. The Hall–Kier alpha value is -0.730. The van der Waals surface area contributed by atoms with Crippen LogP contribution < -0.4 is 4.74 Å². The highest BCUT2D eigenvalue weighted by Crippen LogP contribution is 2.37. The number of hydrogen-bond acceptors (Lipinski definition) is 2. The second-order valence-corrected chi connectivity index (χ2v) is 4.65. The van der Waals surface area contributed by atoms with Gasteiger partial charge in [-0.3, -0.25) is 0 Å². The molecule has 0 saturated heterocycles. The third kappa shape index (κ3) is 2.27. The fraction of sp³-hybridized carbons (Fsp3) is 0.500. The average molecular weight is 229 g/mol. The zero-order valence-electron chi connectivity index (χ0n) is 9.81. The van der Waals surface area contributed by atoms with Gasteiger partial charge in [0.05, 0.1) is 17.7 Å². The van der Waals surface area contributed by atoms with Crippen molar-refractivity contribution in [2.45, 2.75) is 33.3 Å². The van der Waals surface area contributed by atoms with Crippen LogP contribution in [-0.2, 0) is 5.60 Å². The van der Waals surface area contributed by atoms with E-state index in [1.807, 2.05) is 19.9 Å². The predicted molar refractivity (Wildman–Crippen MR) is 62.7 cm³/mol. The van der Waals surface area contributed by atoms with Crippen molar-refractivity contribution in [1.29, 1.82) is 0 Å². The summed E-state index contributed by atoms with van der Waals surface area (Å²) < 4.78 is 5.29. The van der Waals surface area contributed by atoms with Crippen LogP contribution in [0.15, 0.2) is 6.07 Å². The van der Waals surface area contributed by atoms with Gasteiger partial charge in [0.25, 0.3) is 0 Å².